The highest BCUT2D eigenvalue weighted by molar-refractivity contribution is 6.24. The molecule has 33 heavy (non-hydrogen) atoms. The molecule has 3 aliphatic rings. The first kappa shape index (κ1) is 22.8. The first-order valence-corrected chi connectivity index (χ1v) is 10.5. The molecule has 0 saturated heterocycles. The van der Waals surface area contributed by atoms with Crippen molar-refractivity contribution in [1.29, 1.82) is 0 Å². The lowest BCUT2D eigenvalue weighted by atomic mass is 9.57. The molecule has 1 aromatic carbocycles. The van der Waals surface area contributed by atoms with E-state index in [-0.39, 0.29) is 29.7 Å². The van der Waals surface area contributed by atoms with Crippen molar-refractivity contribution in [2.75, 3.05) is 33.1 Å². The Bertz CT molecular complexity index is 1170. The van der Waals surface area contributed by atoms with Crippen molar-refractivity contribution < 1.29 is 34.8 Å². The van der Waals surface area contributed by atoms with Gasteiger partial charge in [-0.1, -0.05) is 0 Å². The third kappa shape index (κ3) is 2.90. The topological polar surface area (TPSA) is 165 Å². The van der Waals surface area contributed by atoms with Crippen LogP contribution in [0.4, 0.5) is 5.69 Å². The minimum atomic E-state index is -2.63. The van der Waals surface area contributed by atoms with Crippen LogP contribution in [0.2, 0.25) is 0 Å². The number of ketones is 2. The Morgan fingerprint density at radius 1 is 1.12 bits per heavy atom. The van der Waals surface area contributed by atoms with Gasteiger partial charge in [0.1, 0.15) is 22.8 Å². The average Bonchev–Trinajstić information content (AvgIpc) is 2.70. The van der Waals surface area contributed by atoms with Crippen LogP contribution in [0, 0.1) is 11.8 Å². The Labute approximate surface area is 190 Å². The molecule has 0 aromatic heterocycles. The molecule has 4 rings (SSSR count). The van der Waals surface area contributed by atoms with Gasteiger partial charge in [0.05, 0.1) is 11.6 Å². The molecule has 4 atom stereocenters. The van der Waals surface area contributed by atoms with Gasteiger partial charge in [-0.25, -0.2) is 0 Å². The molecule has 1 aromatic rings. The third-order valence-electron chi connectivity index (χ3n) is 7.06. The van der Waals surface area contributed by atoms with Crippen LogP contribution < -0.4 is 10.6 Å². The molecule has 1 fully saturated rings. The summed E-state index contributed by atoms with van der Waals surface area (Å²) in [5.74, 6) is -6.54. The zero-order chi connectivity index (χ0) is 24.6. The second-order valence-electron chi connectivity index (χ2n) is 9.31. The Hall–Kier alpha value is -3.37. The summed E-state index contributed by atoms with van der Waals surface area (Å²) in [7, 11) is 6.75. The Balaban J connectivity index is 1.99. The monoisotopic (exact) mass is 457 g/mol. The maximum atomic E-state index is 13.7. The first-order valence-electron chi connectivity index (χ1n) is 10.5. The number of aliphatic hydroxyl groups is 3. The number of fused-ring (bicyclic) bond motifs is 3. The highest BCUT2D eigenvalue weighted by Gasteiger charge is 2.64. The lowest BCUT2D eigenvalue weighted by Gasteiger charge is -2.50. The summed E-state index contributed by atoms with van der Waals surface area (Å²) in [5, 5.41) is 43.9. The fourth-order valence-corrected chi connectivity index (χ4v) is 5.65. The fourth-order valence-electron chi connectivity index (χ4n) is 5.65. The van der Waals surface area contributed by atoms with Crippen molar-refractivity contribution in [2.24, 2.45) is 17.6 Å². The maximum Gasteiger partial charge on any atom is 0.255 e. The number of carbonyl (C=O) groups excluding carboxylic acids is 3. The van der Waals surface area contributed by atoms with E-state index in [0.29, 0.717) is 5.56 Å². The SMILES string of the molecule is CN(C)c1ccc(O)c2c1CC1C[C@H]3C(N(C)C)C(=O)C(C(N)=O)=C(O)[C@@]3(O)C(=O)C1=C2O. The second-order valence-corrected chi connectivity index (χ2v) is 9.31. The van der Waals surface area contributed by atoms with Gasteiger partial charge in [0.25, 0.3) is 5.91 Å². The van der Waals surface area contributed by atoms with Gasteiger partial charge in [-0.15, -0.1) is 0 Å². The van der Waals surface area contributed by atoms with Crippen molar-refractivity contribution in [3.63, 3.8) is 0 Å². The van der Waals surface area contributed by atoms with E-state index in [1.807, 2.05) is 19.0 Å². The lowest BCUT2D eigenvalue weighted by molar-refractivity contribution is -0.153. The Morgan fingerprint density at radius 2 is 1.76 bits per heavy atom. The normalized spacial score (nSPS) is 29.1. The molecule has 10 heteroatoms. The van der Waals surface area contributed by atoms with Gasteiger partial charge in [-0.05, 0) is 50.6 Å². The molecule has 6 N–H and O–H groups in total. The number of amides is 1. The number of anilines is 1. The fraction of sp³-hybridized carbons (Fsp3) is 0.435. The summed E-state index contributed by atoms with van der Waals surface area (Å²) in [6.07, 6.45) is 0.324. The number of nitrogens with two attached hydrogens (primary N) is 1. The van der Waals surface area contributed by atoms with E-state index in [2.05, 4.69) is 0 Å². The summed E-state index contributed by atoms with van der Waals surface area (Å²) in [4.78, 5) is 42.0. The van der Waals surface area contributed by atoms with Gasteiger partial charge in [-0.2, -0.15) is 0 Å². The number of nitrogens with zero attached hydrogens (tertiary/aromatic N) is 2. The third-order valence-corrected chi connectivity index (χ3v) is 7.06. The molecule has 0 spiro atoms. The van der Waals surface area contributed by atoms with Crippen LogP contribution in [-0.2, 0) is 20.8 Å². The lowest BCUT2D eigenvalue weighted by Crippen LogP contribution is -2.65. The predicted molar refractivity (Wildman–Crippen MR) is 119 cm³/mol. The van der Waals surface area contributed by atoms with Crippen molar-refractivity contribution in [2.45, 2.75) is 24.5 Å². The summed E-state index contributed by atoms with van der Waals surface area (Å²) < 4.78 is 0. The summed E-state index contributed by atoms with van der Waals surface area (Å²) >= 11 is 0. The van der Waals surface area contributed by atoms with Crippen LogP contribution in [-0.4, -0.2) is 82.6 Å². The molecular formula is C23H27N3O7. The van der Waals surface area contributed by atoms with E-state index < -0.39 is 58.0 Å². The number of phenols is 1. The van der Waals surface area contributed by atoms with Gasteiger partial charge in [0.15, 0.2) is 11.4 Å². The Morgan fingerprint density at radius 3 is 2.30 bits per heavy atom. The van der Waals surface area contributed by atoms with E-state index >= 15 is 0 Å². The molecule has 176 valence electrons. The number of phenolic OH excluding ortho intramolecular Hbond substituents is 1. The molecule has 10 nitrogen and oxygen atoms in total. The van der Waals surface area contributed by atoms with Crippen LogP contribution in [0.1, 0.15) is 17.5 Å². The average molecular weight is 457 g/mol. The van der Waals surface area contributed by atoms with Gasteiger partial charge >= 0.3 is 0 Å². The molecule has 1 saturated carbocycles. The van der Waals surface area contributed by atoms with Crippen molar-refractivity contribution in [3.05, 3.63) is 40.2 Å². The van der Waals surface area contributed by atoms with E-state index in [0.717, 1.165) is 5.69 Å². The number of carbonyl (C=O) groups is 3. The zero-order valence-electron chi connectivity index (χ0n) is 18.8. The highest BCUT2D eigenvalue weighted by atomic mass is 16.3. The van der Waals surface area contributed by atoms with E-state index in [1.54, 1.807) is 20.2 Å². The quantitative estimate of drug-likeness (QED) is 0.394. The standard InChI is InChI=1S/C23H27N3O7/c1-25(2)12-5-6-13(27)15-10(12)7-9-8-11-17(26(3)4)19(29)16(22(24)32)21(31)23(11,33)20(30)14(9)18(15)28/h5-6,9,11,17,27-28,31,33H,7-8H2,1-4H3,(H2,24,32)/t9?,11-,17?,23-/m0/s1. The number of Topliss-reactive ketones (excluding diaryl/α,β-unsaturated/α-hetero) is 2. The zero-order valence-corrected chi connectivity index (χ0v) is 18.8. The van der Waals surface area contributed by atoms with Crippen molar-refractivity contribution in [1.82, 2.24) is 4.90 Å². The number of hydrogen-bond acceptors (Lipinski definition) is 9. The van der Waals surface area contributed by atoms with Crippen LogP contribution in [0.5, 0.6) is 5.75 Å². The molecule has 2 unspecified atom stereocenters. The number of hydrogen-bond donors (Lipinski definition) is 5. The summed E-state index contributed by atoms with van der Waals surface area (Å²) in [6.45, 7) is 0. The Kier molecular flexibility index (Phi) is 5.06. The van der Waals surface area contributed by atoms with Crippen LogP contribution in [0.3, 0.4) is 0 Å². The van der Waals surface area contributed by atoms with Crippen molar-refractivity contribution in [3.8, 4) is 5.75 Å². The molecule has 0 bridgehead atoms. The molecule has 3 aliphatic carbocycles. The molecule has 1 amide bonds. The van der Waals surface area contributed by atoms with Gasteiger partial charge in [-0.3, -0.25) is 19.3 Å². The van der Waals surface area contributed by atoms with E-state index in [9.17, 15) is 34.8 Å². The first-order chi connectivity index (χ1) is 15.3. The van der Waals surface area contributed by atoms with Crippen LogP contribution in [0.25, 0.3) is 5.76 Å². The largest absolute Gasteiger partial charge is 0.508 e. The van der Waals surface area contributed by atoms with E-state index in [4.69, 9.17) is 5.73 Å². The summed E-state index contributed by atoms with van der Waals surface area (Å²) in [6, 6.07) is 2.01. The number of aromatic hydroxyl groups is 1. The molecular weight excluding hydrogens is 430 g/mol. The minimum Gasteiger partial charge on any atom is -0.508 e. The van der Waals surface area contributed by atoms with E-state index in [1.165, 1.54) is 11.0 Å². The minimum absolute atomic E-state index is 0.0638. The smallest absolute Gasteiger partial charge is 0.255 e. The number of primary amides is 1. The van der Waals surface area contributed by atoms with Crippen LogP contribution >= 0.6 is 0 Å². The number of benzene rings is 1. The molecule has 0 heterocycles. The summed E-state index contributed by atoms with van der Waals surface area (Å²) in [5.41, 5.74) is 3.15. The number of likely N-dealkylation sites (N-methyl/N-ethyl adjacent to an activating group) is 1. The molecule has 0 aliphatic heterocycles. The number of rotatable bonds is 3. The van der Waals surface area contributed by atoms with Gasteiger partial charge in [0.2, 0.25) is 5.78 Å². The highest BCUT2D eigenvalue weighted by Crippen LogP contribution is 2.53. The maximum absolute atomic E-state index is 13.7. The second kappa shape index (κ2) is 7.32. The number of aliphatic hydroxyl groups excluding tert-OH is 2. The van der Waals surface area contributed by atoms with Gasteiger partial charge < -0.3 is 31.1 Å². The van der Waals surface area contributed by atoms with Crippen LogP contribution in [0.15, 0.2) is 29.0 Å². The predicted octanol–water partition coefficient (Wildman–Crippen LogP) is 0.0300. The van der Waals surface area contributed by atoms with Crippen molar-refractivity contribution >= 4 is 28.9 Å². The molecule has 0 radical (unpaired) electrons. The van der Waals surface area contributed by atoms with Gasteiger partial charge in [0, 0.05) is 31.3 Å².